The van der Waals surface area contributed by atoms with Crippen LogP contribution in [0, 0.1) is 19.8 Å². The highest BCUT2D eigenvalue weighted by molar-refractivity contribution is 5.76. The predicted octanol–water partition coefficient (Wildman–Crippen LogP) is 3.71. The van der Waals surface area contributed by atoms with Crippen molar-refractivity contribution < 1.29 is 9.53 Å². The van der Waals surface area contributed by atoms with Gasteiger partial charge in [0.15, 0.2) is 0 Å². The summed E-state index contributed by atoms with van der Waals surface area (Å²) in [5.74, 6) is 0.875. The Bertz CT molecular complexity index is 622. The molecule has 0 saturated carbocycles. The lowest BCUT2D eigenvalue weighted by Crippen LogP contribution is -2.41. The standard InChI is InChI=1S/C23H34N2O2/c1-18-4-3-5-19(2)22(18)7-6-20-9-14-25(15-10-20)23(26)8-13-24-21-11-16-27-17-12-21/h3-7,20-21,24H,8-17H2,1-2H3. The number of likely N-dealkylation sites (tertiary alicyclic amines) is 1. The normalized spacial score (nSPS) is 19.7. The molecule has 2 aliphatic heterocycles. The molecule has 0 bridgehead atoms. The van der Waals surface area contributed by atoms with Crippen LogP contribution in [-0.2, 0) is 9.53 Å². The van der Waals surface area contributed by atoms with E-state index < -0.39 is 0 Å². The van der Waals surface area contributed by atoms with Crippen LogP contribution in [0.2, 0.25) is 0 Å². The molecule has 0 unspecified atom stereocenters. The van der Waals surface area contributed by atoms with Crippen molar-refractivity contribution in [1.29, 1.82) is 0 Å². The van der Waals surface area contributed by atoms with E-state index in [1.54, 1.807) is 0 Å². The molecule has 1 aromatic carbocycles. The Balaban J connectivity index is 1.39. The zero-order valence-electron chi connectivity index (χ0n) is 16.9. The van der Waals surface area contributed by atoms with E-state index in [9.17, 15) is 4.79 Å². The van der Waals surface area contributed by atoms with Gasteiger partial charge in [0, 0.05) is 45.3 Å². The minimum atomic E-state index is 0.298. The number of hydrogen-bond donors (Lipinski definition) is 1. The molecule has 0 spiro atoms. The lowest BCUT2D eigenvalue weighted by atomic mass is 9.94. The number of nitrogens with one attached hydrogen (secondary N) is 1. The molecule has 2 saturated heterocycles. The molecule has 27 heavy (non-hydrogen) atoms. The molecular formula is C23H34N2O2. The van der Waals surface area contributed by atoms with Crippen molar-refractivity contribution in [3.63, 3.8) is 0 Å². The molecule has 3 rings (SSSR count). The fraction of sp³-hybridized carbons (Fsp3) is 0.609. The van der Waals surface area contributed by atoms with Crippen LogP contribution in [0.4, 0.5) is 0 Å². The predicted molar refractivity (Wildman–Crippen MR) is 111 cm³/mol. The molecule has 2 fully saturated rings. The van der Waals surface area contributed by atoms with E-state index in [4.69, 9.17) is 4.74 Å². The van der Waals surface area contributed by atoms with Crippen LogP contribution in [0.25, 0.3) is 6.08 Å². The van der Waals surface area contributed by atoms with Crippen LogP contribution in [-0.4, -0.2) is 49.7 Å². The van der Waals surface area contributed by atoms with E-state index in [-0.39, 0.29) is 0 Å². The summed E-state index contributed by atoms with van der Waals surface area (Å²) in [7, 11) is 0. The lowest BCUT2D eigenvalue weighted by Gasteiger charge is -2.31. The van der Waals surface area contributed by atoms with Crippen LogP contribution < -0.4 is 5.32 Å². The van der Waals surface area contributed by atoms with Gasteiger partial charge in [0.05, 0.1) is 0 Å². The van der Waals surface area contributed by atoms with Crippen LogP contribution in [0.5, 0.6) is 0 Å². The Morgan fingerprint density at radius 3 is 2.48 bits per heavy atom. The number of hydrogen-bond acceptors (Lipinski definition) is 3. The summed E-state index contributed by atoms with van der Waals surface area (Å²) in [6.45, 7) is 8.58. The van der Waals surface area contributed by atoms with Gasteiger partial charge in [0.1, 0.15) is 0 Å². The minimum absolute atomic E-state index is 0.298. The van der Waals surface area contributed by atoms with Gasteiger partial charge in [-0.05, 0) is 62.1 Å². The van der Waals surface area contributed by atoms with E-state index in [1.807, 2.05) is 0 Å². The summed E-state index contributed by atoms with van der Waals surface area (Å²) in [6.07, 6.45) is 9.51. The van der Waals surface area contributed by atoms with Crippen LogP contribution in [0.3, 0.4) is 0 Å². The molecule has 4 nitrogen and oxygen atoms in total. The Labute approximate surface area is 164 Å². The largest absolute Gasteiger partial charge is 0.381 e. The highest BCUT2D eigenvalue weighted by atomic mass is 16.5. The first-order valence-electron chi connectivity index (χ1n) is 10.5. The average molecular weight is 371 g/mol. The molecule has 2 aliphatic rings. The molecule has 1 aromatic rings. The summed E-state index contributed by atoms with van der Waals surface area (Å²) in [6, 6.07) is 6.97. The second-order valence-electron chi connectivity index (χ2n) is 7.97. The van der Waals surface area contributed by atoms with Crippen molar-refractivity contribution in [1.82, 2.24) is 10.2 Å². The van der Waals surface area contributed by atoms with Crippen molar-refractivity contribution in [3.8, 4) is 0 Å². The third-order valence-corrected chi connectivity index (χ3v) is 5.96. The molecule has 4 heteroatoms. The van der Waals surface area contributed by atoms with Crippen molar-refractivity contribution in [3.05, 3.63) is 41.0 Å². The molecule has 2 heterocycles. The summed E-state index contributed by atoms with van der Waals surface area (Å²) < 4.78 is 5.37. The minimum Gasteiger partial charge on any atom is -0.381 e. The first-order chi connectivity index (χ1) is 13.1. The van der Waals surface area contributed by atoms with Gasteiger partial charge in [-0.3, -0.25) is 4.79 Å². The summed E-state index contributed by atoms with van der Waals surface area (Å²) in [5.41, 5.74) is 4.00. The van der Waals surface area contributed by atoms with E-state index in [0.29, 0.717) is 24.3 Å². The van der Waals surface area contributed by atoms with Crippen molar-refractivity contribution in [2.24, 2.45) is 5.92 Å². The quantitative estimate of drug-likeness (QED) is 0.830. The maximum atomic E-state index is 12.5. The molecule has 1 amide bonds. The van der Waals surface area contributed by atoms with Gasteiger partial charge in [-0.15, -0.1) is 0 Å². The third-order valence-electron chi connectivity index (χ3n) is 5.96. The molecule has 0 aromatic heterocycles. The second kappa shape index (κ2) is 10.0. The zero-order chi connectivity index (χ0) is 19.1. The number of ether oxygens (including phenoxy) is 1. The van der Waals surface area contributed by atoms with E-state index in [2.05, 4.69) is 54.4 Å². The number of carbonyl (C=O) groups is 1. The Hall–Kier alpha value is -1.65. The monoisotopic (exact) mass is 370 g/mol. The summed E-state index contributed by atoms with van der Waals surface area (Å²) >= 11 is 0. The summed E-state index contributed by atoms with van der Waals surface area (Å²) in [4.78, 5) is 14.5. The number of rotatable bonds is 6. The molecular weight excluding hydrogens is 336 g/mol. The lowest BCUT2D eigenvalue weighted by molar-refractivity contribution is -0.132. The second-order valence-corrected chi connectivity index (χ2v) is 7.97. The Morgan fingerprint density at radius 2 is 1.81 bits per heavy atom. The number of carbonyl (C=O) groups excluding carboxylic acids is 1. The van der Waals surface area contributed by atoms with E-state index in [1.165, 1.54) is 16.7 Å². The average Bonchev–Trinajstić information content (AvgIpc) is 2.69. The van der Waals surface area contributed by atoms with Gasteiger partial charge in [-0.25, -0.2) is 0 Å². The van der Waals surface area contributed by atoms with Gasteiger partial charge >= 0.3 is 0 Å². The van der Waals surface area contributed by atoms with Crippen LogP contribution >= 0.6 is 0 Å². The van der Waals surface area contributed by atoms with E-state index in [0.717, 1.165) is 58.5 Å². The number of benzene rings is 1. The van der Waals surface area contributed by atoms with Crippen LogP contribution in [0.15, 0.2) is 24.3 Å². The smallest absolute Gasteiger partial charge is 0.223 e. The maximum Gasteiger partial charge on any atom is 0.223 e. The third kappa shape index (κ3) is 5.91. The van der Waals surface area contributed by atoms with Gasteiger partial charge in [-0.1, -0.05) is 30.4 Å². The van der Waals surface area contributed by atoms with Gasteiger partial charge < -0.3 is 15.0 Å². The number of nitrogens with zero attached hydrogens (tertiary/aromatic N) is 1. The zero-order valence-corrected chi connectivity index (χ0v) is 16.9. The number of piperidine rings is 1. The topological polar surface area (TPSA) is 41.6 Å². The first kappa shape index (κ1) is 20.1. The highest BCUT2D eigenvalue weighted by Gasteiger charge is 2.21. The van der Waals surface area contributed by atoms with Gasteiger partial charge in [-0.2, -0.15) is 0 Å². The fourth-order valence-corrected chi connectivity index (χ4v) is 4.11. The molecule has 0 aliphatic carbocycles. The highest BCUT2D eigenvalue weighted by Crippen LogP contribution is 2.22. The molecule has 1 N–H and O–H groups in total. The SMILES string of the molecule is Cc1cccc(C)c1C=CC1CCN(C(=O)CCNC2CCOCC2)CC1. The Kier molecular flexibility index (Phi) is 7.48. The van der Waals surface area contributed by atoms with Crippen molar-refractivity contribution in [2.75, 3.05) is 32.8 Å². The van der Waals surface area contributed by atoms with Gasteiger partial charge in [0.25, 0.3) is 0 Å². The first-order valence-corrected chi connectivity index (χ1v) is 10.5. The maximum absolute atomic E-state index is 12.5. The molecule has 148 valence electrons. The molecule has 0 radical (unpaired) electrons. The summed E-state index contributed by atoms with van der Waals surface area (Å²) in [5, 5.41) is 3.51. The Morgan fingerprint density at radius 1 is 1.15 bits per heavy atom. The van der Waals surface area contributed by atoms with E-state index >= 15 is 0 Å². The van der Waals surface area contributed by atoms with Crippen molar-refractivity contribution >= 4 is 12.0 Å². The van der Waals surface area contributed by atoms with Gasteiger partial charge in [0.2, 0.25) is 5.91 Å². The number of amides is 1. The fourth-order valence-electron chi connectivity index (χ4n) is 4.11. The number of aryl methyl sites for hydroxylation is 2. The number of allylic oxidation sites excluding steroid dienone is 1. The van der Waals surface area contributed by atoms with Crippen LogP contribution in [0.1, 0.15) is 48.8 Å². The van der Waals surface area contributed by atoms with Crippen molar-refractivity contribution in [2.45, 2.75) is 52.0 Å². The molecule has 0 atom stereocenters.